The van der Waals surface area contributed by atoms with Crippen LogP contribution >= 0.6 is 11.3 Å². The van der Waals surface area contributed by atoms with Crippen LogP contribution in [0.3, 0.4) is 0 Å². The number of nitrogens with two attached hydrogens (primary N) is 1. The number of ether oxygens (including phenoxy) is 1. The summed E-state index contributed by atoms with van der Waals surface area (Å²) in [6.45, 7) is 2.51. The summed E-state index contributed by atoms with van der Waals surface area (Å²) in [6.07, 6.45) is 1.70. The van der Waals surface area contributed by atoms with Gasteiger partial charge in [-0.15, -0.1) is 11.3 Å². The van der Waals surface area contributed by atoms with Gasteiger partial charge in [0, 0.05) is 10.9 Å². The predicted octanol–water partition coefficient (Wildman–Crippen LogP) is 3.31. The lowest BCUT2D eigenvalue weighted by atomic mass is 10.1. The van der Waals surface area contributed by atoms with Crippen molar-refractivity contribution in [2.75, 3.05) is 5.73 Å². The van der Waals surface area contributed by atoms with E-state index in [9.17, 15) is 4.79 Å². The molecule has 0 saturated heterocycles. The first-order valence-corrected chi connectivity index (χ1v) is 9.27. The van der Waals surface area contributed by atoms with Gasteiger partial charge in [-0.05, 0) is 24.6 Å². The van der Waals surface area contributed by atoms with Gasteiger partial charge in [-0.2, -0.15) is 5.10 Å². The van der Waals surface area contributed by atoms with Gasteiger partial charge in [0.25, 0.3) is 0 Å². The molecule has 0 aliphatic carbocycles. The molecular weight excluding hydrogens is 360 g/mol. The van der Waals surface area contributed by atoms with E-state index in [4.69, 9.17) is 10.5 Å². The van der Waals surface area contributed by atoms with Crippen LogP contribution in [-0.4, -0.2) is 17.1 Å². The molecule has 0 radical (unpaired) electrons. The summed E-state index contributed by atoms with van der Waals surface area (Å²) >= 11 is 1.31. The Kier molecular flexibility index (Phi) is 6.17. The average molecular weight is 380 g/mol. The number of rotatable bonds is 7. The summed E-state index contributed by atoms with van der Waals surface area (Å²) in [4.78, 5) is 16.0. The fraction of sp³-hybridized carbons (Fsp3) is 0.150. The molecule has 0 aliphatic rings. The Hall–Kier alpha value is -3.19. The maximum atomic E-state index is 11.9. The minimum Gasteiger partial charge on any atom is -0.488 e. The van der Waals surface area contributed by atoms with Crippen molar-refractivity contribution >= 4 is 28.6 Å². The Morgan fingerprint density at radius 1 is 1.26 bits per heavy atom. The van der Waals surface area contributed by atoms with Gasteiger partial charge in [0.1, 0.15) is 12.4 Å². The zero-order chi connectivity index (χ0) is 19.1. The second-order valence-corrected chi connectivity index (χ2v) is 6.85. The standard InChI is InChI=1S/C20H20N4O2S/c1-14-6-8-15(9-7-14)12-26-18-5-3-2-4-16(18)11-22-24-19(25)10-17-13-27-20(21)23-17/h2-9,11,13H,10,12H2,1H3,(H2,21,23)(H,24,25)/b22-11+. The number of aryl methyl sites for hydroxylation is 1. The molecule has 6 nitrogen and oxygen atoms in total. The van der Waals surface area contributed by atoms with Crippen LogP contribution in [0.5, 0.6) is 5.75 Å². The molecular formula is C20H20N4O2S. The van der Waals surface area contributed by atoms with Crippen molar-refractivity contribution in [1.82, 2.24) is 10.4 Å². The van der Waals surface area contributed by atoms with Gasteiger partial charge in [-0.1, -0.05) is 42.0 Å². The first-order chi connectivity index (χ1) is 13.1. The lowest BCUT2D eigenvalue weighted by Crippen LogP contribution is -2.20. The third-order valence-corrected chi connectivity index (χ3v) is 4.46. The molecule has 3 rings (SSSR count). The number of nitrogen functional groups attached to an aromatic ring is 1. The summed E-state index contributed by atoms with van der Waals surface area (Å²) in [7, 11) is 0. The third kappa shape index (κ3) is 5.65. The molecule has 1 aromatic heterocycles. The van der Waals surface area contributed by atoms with Crippen LogP contribution in [0.25, 0.3) is 0 Å². The molecule has 0 saturated carbocycles. The van der Waals surface area contributed by atoms with E-state index < -0.39 is 0 Å². The summed E-state index contributed by atoms with van der Waals surface area (Å²) in [5.41, 5.74) is 11.8. The molecule has 138 valence electrons. The van der Waals surface area contributed by atoms with Crippen LogP contribution in [0.15, 0.2) is 59.0 Å². The van der Waals surface area contributed by atoms with Crippen LogP contribution in [0, 0.1) is 6.92 Å². The second kappa shape index (κ2) is 8.95. The van der Waals surface area contributed by atoms with E-state index in [-0.39, 0.29) is 12.3 Å². The number of hydrogen-bond acceptors (Lipinski definition) is 6. The van der Waals surface area contributed by atoms with Gasteiger partial charge in [0.05, 0.1) is 18.3 Å². The predicted molar refractivity (Wildman–Crippen MR) is 108 cm³/mol. The first kappa shape index (κ1) is 18.6. The molecule has 3 aromatic rings. The van der Waals surface area contributed by atoms with Crippen LogP contribution in [0.4, 0.5) is 5.13 Å². The molecule has 2 aromatic carbocycles. The molecule has 0 atom stereocenters. The number of nitrogens with one attached hydrogen (secondary N) is 1. The molecule has 1 heterocycles. The normalized spacial score (nSPS) is 10.9. The Morgan fingerprint density at radius 2 is 2.04 bits per heavy atom. The lowest BCUT2D eigenvalue weighted by Gasteiger charge is -2.09. The maximum absolute atomic E-state index is 11.9. The number of benzene rings is 2. The Balaban J connectivity index is 1.57. The molecule has 0 spiro atoms. The van der Waals surface area contributed by atoms with E-state index in [0.717, 1.165) is 11.1 Å². The van der Waals surface area contributed by atoms with Crippen molar-refractivity contribution in [3.63, 3.8) is 0 Å². The van der Waals surface area contributed by atoms with E-state index in [1.54, 1.807) is 11.6 Å². The number of carbonyl (C=O) groups is 1. The molecule has 1 amide bonds. The number of para-hydroxylation sites is 1. The Labute approximate surface area is 161 Å². The zero-order valence-corrected chi connectivity index (χ0v) is 15.7. The Morgan fingerprint density at radius 3 is 2.78 bits per heavy atom. The Bertz CT molecular complexity index is 935. The highest BCUT2D eigenvalue weighted by Crippen LogP contribution is 2.18. The van der Waals surface area contributed by atoms with E-state index in [2.05, 4.69) is 27.6 Å². The van der Waals surface area contributed by atoms with E-state index >= 15 is 0 Å². The number of hydrazone groups is 1. The third-order valence-electron chi connectivity index (χ3n) is 3.74. The van der Waals surface area contributed by atoms with Crippen molar-refractivity contribution in [2.45, 2.75) is 20.0 Å². The lowest BCUT2D eigenvalue weighted by molar-refractivity contribution is -0.120. The number of nitrogens with zero attached hydrogens (tertiary/aromatic N) is 2. The smallest absolute Gasteiger partial charge is 0.246 e. The number of hydrogen-bond donors (Lipinski definition) is 2. The monoisotopic (exact) mass is 380 g/mol. The van der Waals surface area contributed by atoms with Crippen molar-refractivity contribution in [3.8, 4) is 5.75 Å². The summed E-state index contributed by atoms with van der Waals surface area (Å²) in [6, 6.07) is 15.7. The SMILES string of the molecule is Cc1ccc(COc2ccccc2/C=N/NC(=O)Cc2csc(N)n2)cc1. The van der Waals surface area contributed by atoms with E-state index in [1.165, 1.54) is 16.9 Å². The van der Waals surface area contributed by atoms with Crippen LogP contribution < -0.4 is 15.9 Å². The highest BCUT2D eigenvalue weighted by Gasteiger charge is 2.06. The van der Waals surface area contributed by atoms with Gasteiger partial charge in [-0.3, -0.25) is 4.79 Å². The molecule has 0 unspecified atom stereocenters. The largest absolute Gasteiger partial charge is 0.488 e. The molecule has 0 aliphatic heterocycles. The van der Waals surface area contributed by atoms with Crippen LogP contribution in [0.2, 0.25) is 0 Å². The number of anilines is 1. The van der Waals surface area contributed by atoms with Crippen LogP contribution in [-0.2, 0) is 17.8 Å². The number of thiazole rings is 1. The fourth-order valence-electron chi connectivity index (χ4n) is 2.35. The number of carbonyl (C=O) groups excluding carboxylic acids is 1. The molecule has 0 bridgehead atoms. The van der Waals surface area contributed by atoms with Gasteiger partial charge in [0.15, 0.2) is 5.13 Å². The molecule has 3 N–H and O–H groups in total. The van der Waals surface area contributed by atoms with Crippen molar-refractivity contribution in [2.24, 2.45) is 5.10 Å². The highest BCUT2D eigenvalue weighted by atomic mass is 32.1. The minimum absolute atomic E-state index is 0.136. The molecule has 7 heteroatoms. The first-order valence-electron chi connectivity index (χ1n) is 8.39. The van der Waals surface area contributed by atoms with E-state index in [0.29, 0.717) is 23.2 Å². The van der Waals surface area contributed by atoms with Crippen LogP contribution in [0.1, 0.15) is 22.4 Å². The summed E-state index contributed by atoms with van der Waals surface area (Å²) < 4.78 is 5.89. The number of amides is 1. The topological polar surface area (TPSA) is 89.6 Å². The van der Waals surface area contributed by atoms with Gasteiger partial charge < -0.3 is 10.5 Å². The second-order valence-electron chi connectivity index (χ2n) is 5.96. The maximum Gasteiger partial charge on any atom is 0.246 e. The van der Waals surface area contributed by atoms with Crippen molar-refractivity contribution in [1.29, 1.82) is 0 Å². The highest BCUT2D eigenvalue weighted by molar-refractivity contribution is 7.13. The summed E-state index contributed by atoms with van der Waals surface area (Å²) in [5, 5.41) is 6.21. The minimum atomic E-state index is -0.255. The van der Waals surface area contributed by atoms with E-state index in [1.807, 2.05) is 43.3 Å². The van der Waals surface area contributed by atoms with Gasteiger partial charge in [-0.25, -0.2) is 10.4 Å². The average Bonchev–Trinajstić information content (AvgIpc) is 3.07. The van der Waals surface area contributed by atoms with Gasteiger partial charge >= 0.3 is 0 Å². The molecule has 0 fully saturated rings. The van der Waals surface area contributed by atoms with Crippen molar-refractivity contribution < 1.29 is 9.53 Å². The fourth-order valence-corrected chi connectivity index (χ4v) is 2.91. The quantitative estimate of drug-likeness (QED) is 0.486. The zero-order valence-electron chi connectivity index (χ0n) is 14.9. The van der Waals surface area contributed by atoms with Gasteiger partial charge in [0.2, 0.25) is 5.91 Å². The molecule has 27 heavy (non-hydrogen) atoms. The van der Waals surface area contributed by atoms with Crippen molar-refractivity contribution in [3.05, 3.63) is 76.3 Å². The summed E-state index contributed by atoms with van der Waals surface area (Å²) in [5.74, 6) is 0.443. The number of aromatic nitrogens is 1.